The molecule has 5 nitrogen and oxygen atoms in total. The molecular weight excluding hydrogens is 259 g/mol. The van der Waals surface area contributed by atoms with Crippen LogP contribution < -0.4 is 5.73 Å². The van der Waals surface area contributed by atoms with Crippen molar-refractivity contribution in [3.8, 4) is 0 Å². The van der Waals surface area contributed by atoms with Crippen molar-refractivity contribution in [1.29, 1.82) is 0 Å². The number of amidine groups is 1. The molecule has 3 N–H and O–H groups in total. The first-order valence-electron chi connectivity index (χ1n) is 5.05. The van der Waals surface area contributed by atoms with Crippen LogP contribution in [0.4, 0.5) is 4.39 Å². The average molecular weight is 269 g/mol. The smallest absolute Gasteiger partial charge is 0.206 e. The summed E-state index contributed by atoms with van der Waals surface area (Å²) in [7, 11) is 0. The summed E-state index contributed by atoms with van der Waals surface area (Å²) in [4.78, 5) is 3.93. The highest BCUT2D eigenvalue weighted by Gasteiger charge is 2.10. The largest absolute Gasteiger partial charge is 0.409 e. The van der Waals surface area contributed by atoms with Gasteiger partial charge in [0.05, 0.1) is 6.54 Å². The van der Waals surface area contributed by atoms with Gasteiger partial charge >= 0.3 is 0 Å². The Morgan fingerprint density at radius 2 is 2.33 bits per heavy atom. The first-order valence-corrected chi connectivity index (χ1v) is 5.42. The van der Waals surface area contributed by atoms with Crippen molar-refractivity contribution >= 4 is 17.4 Å². The van der Waals surface area contributed by atoms with E-state index in [1.165, 1.54) is 24.4 Å². The zero-order valence-corrected chi connectivity index (χ0v) is 9.97. The molecule has 0 saturated heterocycles. The second kappa shape index (κ2) is 5.05. The summed E-state index contributed by atoms with van der Waals surface area (Å²) in [6, 6.07) is 4.28. The molecule has 2 aromatic rings. The maximum atomic E-state index is 13.6. The van der Waals surface area contributed by atoms with Gasteiger partial charge in [0.25, 0.3) is 0 Å². The third-order valence-corrected chi connectivity index (χ3v) is 2.64. The highest BCUT2D eigenvalue weighted by Crippen LogP contribution is 2.16. The molecule has 0 spiro atoms. The zero-order chi connectivity index (χ0) is 13.1. The van der Waals surface area contributed by atoms with Crippen LogP contribution in [0, 0.1) is 5.82 Å². The van der Waals surface area contributed by atoms with E-state index >= 15 is 0 Å². The lowest BCUT2D eigenvalue weighted by atomic mass is 10.2. The van der Waals surface area contributed by atoms with Crippen LogP contribution in [0.2, 0.25) is 5.02 Å². The van der Waals surface area contributed by atoms with Gasteiger partial charge in [0.1, 0.15) is 5.82 Å². The molecule has 94 valence electrons. The normalized spacial score (nSPS) is 11.8. The molecule has 2 rings (SSSR count). The number of oxime groups is 1. The highest BCUT2D eigenvalue weighted by atomic mass is 35.5. The second-order valence-corrected chi connectivity index (χ2v) is 4.04. The molecule has 0 saturated carbocycles. The Bertz CT molecular complexity index is 596. The molecule has 18 heavy (non-hydrogen) atoms. The lowest BCUT2D eigenvalue weighted by Crippen LogP contribution is -2.20. The van der Waals surface area contributed by atoms with E-state index in [1.807, 2.05) is 0 Å². The van der Waals surface area contributed by atoms with Crippen molar-refractivity contribution < 1.29 is 9.60 Å². The summed E-state index contributed by atoms with van der Waals surface area (Å²) in [5.41, 5.74) is 5.85. The minimum atomic E-state index is -0.376. The third-order valence-electron chi connectivity index (χ3n) is 2.40. The quantitative estimate of drug-likeness (QED) is 0.386. The Kier molecular flexibility index (Phi) is 3.47. The highest BCUT2D eigenvalue weighted by molar-refractivity contribution is 6.30. The molecule has 0 amide bonds. The van der Waals surface area contributed by atoms with Crippen molar-refractivity contribution in [3.63, 3.8) is 0 Å². The number of nitrogens with zero attached hydrogens (tertiary/aromatic N) is 3. The molecule has 0 fully saturated rings. The van der Waals surface area contributed by atoms with E-state index in [2.05, 4.69) is 10.1 Å². The summed E-state index contributed by atoms with van der Waals surface area (Å²) >= 11 is 5.81. The van der Waals surface area contributed by atoms with Gasteiger partial charge in [-0.05, 0) is 18.2 Å². The maximum Gasteiger partial charge on any atom is 0.206 e. The molecule has 1 heterocycles. The maximum absolute atomic E-state index is 13.6. The Morgan fingerprint density at radius 1 is 1.56 bits per heavy atom. The predicted octanol–water partition coefficient (Wildman–Crippen LogP) is 1.82. The van der Waals surface area contributed by atoms with Gasteiger partial charge in [-0.1, -0.05) is 16.8 Å². The molecule has 0 bridgehead atoms. The van der Waals surface area contributed by atoms with E-state index in [0.29, 0.717) is 10.6 Å². The van der Waals surface area contributed by atoms with E-state index in [1.54, 1.807) is 10.8 Å². The summed E-state index contributed by atoms with van der Waals surface area (Å²) < 4.78 is 15.1. The molecule has 0 atom stereocenters. The molecule has 7 heteroatoms. The lowest BCUT2D eigenvalue weighted by Gasteiger charge is -2.08. The summed E-state index contributed by atoms with van der Waals surface area (Å²) in [5.74, 6) is -0.252. The fraction of sp³-hybridized carbons (Fsp3) is 0.0909. The number of benzene rings is 1. The Labute approximate surface area is 107 Å². The van der Waals surface area contributed by atoms with Gasteiger partial charge in [0, 0.05) is 23.0 Å². The fourth-order valence-corrected chi connectivity index (χ4v) is 1.76. The van der Waals surface area contributed by atoms with Crippen molar-refractivity contribution in [1.82, 2.24) is 9.55 Å². The number of rotatable bonds is 3. The van der Waals surface area contributed by atoms with Gasteiger partial charge in [0.15, 0.2) is 5.82 Å². The molecule has 0 aliphatic heterocycles. The van der Waals surface area contributed by atoms with Crippen molar-refractivity contribution in [3.05, 3.63) is 52.8 Å². The SMILES string of the molecule is N/C(=N/O)c1nccn1Cc1cc(Cl)ccc1F. The van der Waals surface area contributed by atoms with E-state index < -0.39 is 0 Å². The second-order valence-electron chi connectivity index (χ2n) is 3.60. The van der Waals surface area contributed by atoms with Crippen LogP contribution in [-0.2, 0) is 6.54 Å². The minimum absolute atomic E-state index is 0.137. The first kappa shape index (κ1) is 12.4. The monoisotopic (exact) mass is 268 g/mol. The van der Waals surface area contributed by atoms with Crippen molar-refractivity contribution in [2.24, 2.45) is 10.9 Å². The molecule has 0 aliphatic rings. The molecular formula is C11H10ClFN4O. The standard InChI is InChI=1S/C11H10ClFN4O/c12-8-1-2-9(13)7(5-8)6-17-4-3-15-11(17)10(14)16-18/h1-5,18H,6H2,(H2,14,16). The number of imidazole rings is 1. The number of aromatic nitrogens is 2. The van der Waals surface area contributed by atoms with Gasteiger partial charge in [0.2, 0.25) is 5.84 Å². The van der Waals surface area contributed by atoms with Crippen LogP contribution in [0.25, 0.3) is 0 Å². The van der Waals surface area contributed by atoms with E-state index in [-0.39, 0.29) is 24.0 Å². The summed E-state index contributed by atoms with van der Waals surface area (Å²) in [6.07, 6.45) is 3.09. The van der Waals surface area contributed by atoms with Crippen LogP contribution in [0.5, 0.6) is 0 Å². The van der Waals surface area contributed by atoms with Crippen molar-refractivity contribution in [2.45, 2.75) is 6.54 Å². The van der Waals surface area contributed by atoms with Gasteiger partial charge < -0.3 is 15.5 Å². The Morgan fingerprint density at radius 3 is 3.06 bits per heavy atom. The van der Waals surface area contributed by atoms with Gasteiger partial charge in [-0.2, -0.15) is 0 Å². The third kappa shape index (κ3) is 2.43. The fourth-order valence-electron chi connectivity index (χ4n) is 1.56. The lowest BCUT2D eigenvalue weighted by molar-refractivity contribution is 0.318. The van der Waals surface area contributed by atoms with Gasteiger partial charge in [-0.25, -0.2) is 9.37 Å². The van der Waals surface area contributed by atoms with E-state index in [0.717, 1.165) is 0 Å². The van der Waals surface area contributed by atoms with Crippen molar-refractivity contribution in [2.75, 3.05) is 0 Å². The first-order chi connectivity index (χ1) is 8.61. The number of hydrogen-bond donors (Lipinski definition) is 2. The molecule has 1 aromatic carbocycles. The van der Waals surface area contributed by atoms with Crippen LogP contribution in [0.15, 0.2) is 35.7 Å². The zero-order valence-electron chi connectivity index (χ0n) is 9.22. The van der Waals surface area contributed by atoms with Crippen LogP contribution in [0.3, 0.4) is 0 Å². The summed E-state index contributed by atoms with van der Waals surface area (Å²) in [6.45, 7) is 0.192. The van der Waals surface area contributed by atoms with Crippen LogP contribution in [-0.4, -0.2) is 20.6 Å². The Hall–Kier alpha value is -2.08. The molecule has 0 unspecified atom stereocenters. The predicted molar refractivity (Wildman–Crippen MR) is 65.2 cm³/mol. The van der Waals surface area contributed by atoms with Gasteiger partial charge in [-0.3, -0.25) is 0 Å². The minimum Gasteiger partial charge on any atom is -0.409 e. The molecule has 0 radical (unpaired) electrons. The average Bonchev–Trinajstić information content (AvgIpc) is 2.81. The molecule has 0 aliphatic carbocycles. The Balaban J connectivity index is 2.35. The van der Waals surface area contributed by atoms with Crippen LogP contribution in [0.1, 0.15) is 11.4 Å². The van der Waals surface area contributed by atoms with Crippen LogP contribution >= 0.6 is 11.6 Å². The summed E-state index contributed by atoms with van der Waals surface area (Å²) in [5, 5.41) is 11.9. The topological polar surface area (TPSA) is 76.4 Å². The van der Waals surface area contributed by atoms with Gasteiger partial charge in [-0.15, -0.1) is 0 Å². The van der Waals surface area contributed by atoms with E-state index in [9.17, 15) is 4.39 Å². The number of nitrogens with two attached hydrogens (primary N) is 1. The van der Waals surface area contributed by atoms with E-state index in [4.69, 9.17) is 22.5 Å². The number of hydrogen-bond acceptors (Lipinski definition) is 3. The molecule has 1 aromatic heterocycles. The number of halogens is 2.